The second kappa shape index (κ2) is 8.41. The Balaban J connectivity index is 1.91. The van der Waals surface area contributed by atoms with Crippen molar-refractivity contribution in [3.63, 3.8) is 0 Å². The molecule has 0 aliphatic heterocycles. The van der Waals surface area contributed by atoms with Gasteiger partial charge in [0.1, 0.15) is 5.82 Å². The Kier molecular flexibility index (Phi) is 5.96. The molecular weight excluding hydrogens is 406 g/mol. The van der Waals surface area contributed by atoms with Crippen LogP contribution in [0.1, 0.15) is 28.4 Å². The maximum Gasteiger partial charge on any atom is 0.255 e. The molecule has 28 heavy (non-hydrogen) atoms. The lowest BCUT2D eigenvalue weighted by atomic mass is 10.0. The fourth-order valence-corrected chi connectivity index (χ4v) is 3.13. The highest BCUT2D eigenvalue weighted by Crippen LogP contribution is 2.27. The summed E-state index contributed by atoms with van der Waals surface area (Å²) in [6, 6.07) is 10.1. The number of rotatable bonds is 6. The summed E-state index contributed by atoms with van der Waals surface area (Å²) in [5.41, 5.74) is 6.37. The van der Waals surface area contributed by atoms with Crippen molar-refractivity contribution in [3.8, 4) is 11.3 Å². The van der Waals surface area contributed by atoms with Crippen LogP contribution in [0.15, 0.2) is 48.7 Å². The van der Waals surface area contributed by atoms with Gasteiger partial charge in [0.15, 0.2) is 0 Å². The Hall–Kier alpha value is -2.90. The number of hydrogen-bond acceptors (Lipinski definition) is 3. The van der Waals surface area contributed by atoms with E-state index in [2.05, 4.69) is 15.5 Å². The first kappa shape index (κ1) is 19.9. The normalized spacial score (nSPS) is 11.8. The first-order chi connectivity index (χ1) is 13.3. The van der Waals surface area contributed by atoms with E-state index in [4.69, 9.17) is 28.9 Å². The molecule has 0 bridgehead atoms. The topological polar surface area (TPSA) is 101 Å². The lowest BCUT2D eigenvalue weighted by molar-refractivity contribution is -0.118. The molecule has 3 rings (SSSR count). The van der Waals surface area contributed by atoms with Gasteiger partial charge in [-0.2, -0.15) is 5.10 Å². The van der Waals surface area contributed by atoms with Crippen molar-refractivity contribution in [2.75, 3.05) is 0 Å². The number of halogens is 3. The SMILES string of the molecule is NC(=O)C[C@H](NC(=O)c1cn[nH]c1-c1ccc(Cl)cc1F)c1cccc(Cl)c1. The molecule has 3 aromatic rings. The van der Waals surface area contributed by atoms with Gasteiger partial charge in [0.2, 0.25) is 5.91 Å². The summed E-state index contributed by atoms with van der Waals surface area (Å²) in [7, 11) is 0. The highest BCUT2D eigenvalue weighted by Gasteiger charge is 2.23. The van der Waals surface area contributed by atoms with Crippen molar-refractivity contribution < 1.29 is 14.0 Å². The first-order valence-electron chi connectivity index (χ1n) is 8.18. The average Bonchev–Trinajstić information content (AvgIpc) is 3.10. The van der Waals surface area contributed by atoms with Crippen LogP contribution in [-0.4, -0.2) is 22.0 Å². The number of nitrogens with one attached hydrogen (secondary N) is 2. The number of carbonyl (C=O) groups is 2. The van der Waals surface area contributed by atoms with E-state index >= 15 is 0 Å². The Labute approximate surface area is 169 Å². The number of nitrogens with zero attached hydrogens (tertiary/aromatic N) is 1. The number of carbonyl (C=O) groups excluding carboxylic acids is 2. The number of nitrogens with two attached hydrogens (primary N) is 1. The maximum absolute atomic E-state index is 14.3. The minimum atomic E-state index is -0.707. The number of primary amides is 1. The summed E-state index contributed by atoms with van der Waals surface area (Å²) >= 11 is 11.8. The Morgan fingerprint density at radius 1 is 1.18 bits per heavy atom. The molecule has 0 unspecified atom stereocenters. The van der Waals surface area contributed by atoms with Crippen molar-refractivity contribution in [3.05, 3.63) is 75.7 Å². The monoisotopic (exact) mass is 420 g/mol. The lowest BCUT2D eigenvalue weighted by Gasteiger charge is -2.18. The smallest absolute Gasteiger partial charge is 0.255 e. The van der Waals surface area contributed by atoms with E-state index in [1.165, 1.54) is 18.3 Å². The molecule has 0 radical (unpaired) electrons. The zero-order chi connectivity index (χ0) is 20.3. The van der Waals surface area contributed by atoms with Gasteiger partial charge in [-0.05, 0) is 35.9 Å². The number of hydrogen-bond donors (Lipinski definition) is 3. The standard InChI is InChI=1S/C19H15Cl2FN4O2/c20-11-3-1-2-10(6-11)16(8-17(23)27)25-19(28)14-9-24-26-18(14)13-5-4-12(21)7-15(13)22/h1-7,9,16H,8H2,(H2,23,27)(H,24,26)(H,25,28)/t16-/m0/s1. The summed E-state index contributed by atoms with van der Waals surface area (Å²) in [5.74, 6) is -1.75. The number of aromatic nitrogens is 2. The second-order valence-electron chi connectivity index (χ2n) is 6.03. The third-order valence-electron chi connectivity index (χ3n) is 4.05. The average molecular weight is 421 g/mol. The molecule has 2 aromatic carbocycles. The molecule has 4 N–H and O–H groups in total. The summed E-state index contributed by atoms with van der Waals surface area (Å²) < 4.78 is 14.3. The summed E-state index contributed by atoms with van der Waals surface area (Å²) in [5, 5.41) is 9.87. The molecule has 9 heteroatoms. The largest absolute Gasteiger partial charge is 0.370 e. The van der Waals surface area contributed by atoms with Crippen LogP contribution >= 0.6 is 23.2 Å². The van der Waals surface area contributed by atoms with Crippen LogP contribution < -0.4 is 11.1 Å². The maximum atomic E-state index is 14.3. The van der Waals surface area contributed by atoms with Gasteiger partial charge in [0.05, 0.1) is 29.9 Å². The molecule has 0 aliphatic carbocycles. The molecule has 0 saturated carbocycles. The van der Waals surface area contributed by atoms with Crippen LogP contribution in [0.4, 0.5) is 4.39 Å². The number of H-pyrrole nitrogens is 1. The highest BCUT2D eigenvalue weighted by atomic mass is 35.5. The van der Waals surface area contributed by atoms with Crippen LogP contribution in [0, 0.1) is 5.82 Å². The van der Waals surface area contributed by atoms with E-state index in [1.807, 2.05) is 0 Å². The van der Waals surface area contributed by atoms with Gasteiger partial charge in [-0.25, -0.2) is 4.39 Å². The van der Waals surface area contributed by atoms with E-state index in [1.54, 1.807) is 24.3 Å². The van der Waals surface area contributed by atoms with Gasteiger partial charge in [-0.1, -0.05) is 35.3 Å². The van der Waals surface area contributed by atoms with E-state index in [0.29, 0.717) is 10.6 Å². The summed E-state index contributed by atoms with van der Waals surface area (Å²) in [6.45, 7) is 0. The lowest BCUT2D eigenvalue weighted by Crippen LogP contribution is -2.32. The van der Waals surface area contributed by atoms with Gasteiger partial charge in [0.25, 0.3) is 5.91 Å². The fourth-order valence-electron chi connectivity index (χ4n) is 2.77. The number of amides is 2. The molecule has 1 heterocycles. The van der Waals surface area contributed by atoms with Crippen molar-refractivity contribution in [1.82, 2.24) is 15.5 Å². The van der Waals surface area contributed by atoms with Crippen molar-refractivity contribution in [1.29, 1.82) is 0 Å². The Bertz CT molecular complexity index is 1040. The molecule has 6 nitrogen and oxygen atoms in total. The Morgan fingerprint density at radius 3 is 2.61 bits per heavy atom. The van der Waals surface area contributed by atoms with Gasteiger partial charge in [-0.15, -0.1) is 0 Å². The van der Waals surface area contributed by atoms with Gasteiger partial charge in [0, 0.05) is 15.6 Å². The van der Waals surface area contributed by atoms with Gasteiger partial charge < -0.3 is 11.1 Å². The van der Waals surface area contributed by atoms with Crippen molar-refractivity contribution >= 4 is 35.0 Å². The molecular formula is C19H15Cl2FN4O2. The highest BCUT2D eigenvalue weighted by molar-refractivity contribution is 6.31. The van der Waals surface area contributed by atoms with Crippen molar-refractivity contribution in [2.24, 2.45) is 5.73 Å². The zero-order valence-corrected chi connectivity index (χ0v) is 15.9. The molecule has 0 aliphatic rings. The molecule has 0 fully saturated rings. The van der Waals surface area contributed by atoms with Crippen LogP contribution in [0.2, 0.25) is 10.0 Å². The predicted molar refractivity (Wildman–Crippen MR) is 104 cm³/mol. The molecule has 0 saturated heterocycles. The minimum absolute atomic E-state index is 0.109. The molecule has 1 atom stereocenters. The molecule has 0 spiro atoms. The summed E-state index contributed by atoms with van der Waals surface area (Å²) in [6.07, 6.45) is 1.15. The summed E-state index contributed by atoms with van der Waals surface area (Å²) in [4.78, 5) is 24.3. The minimum Gasteiger partial charge on any atom is -0.370 e. The van der Waals surface area contributed by atoms with Crippen molar-refractivity contribution in [2.45, 2.75) is 12.5 Å². The molecule has 2 amide bonds. The predicted octanol–water partition coefficient (Wildman–Crippen LogP) is 3.87. The molecule has 1 aromatic heterocycles. The molecule has 144 valence electrons. The van der Waals surface area contributed by atoms with E-state index in [9.17, 15) is 14.0 Å². The van der Waals surface area contributed by atoms with E-state index in [-0.39, 0.29) is 28.3 Å². The van der Waals surface area contributed by atoms with Crippen LogP contribution in [-0.2, 0) is 4.79 Å². The fraction of sp³-hybridized carbons (Fsp3) is 0.105. The van der Waals surface area contributed by atoms with E-state index in [0.717, 1.165) is 6.07 Å². The van der Waals surface area contributed by atoms with Crippen LogP contribution in [0.25, 0.3) is 11.3 Å². The Morgan fingerprint density at radius 2 is 1.93 bits per heavy atom. The number of benzene rings is 2. The third-order valence-corrected chi connectivity index (χ3v) is 4.52. The van der Waals surface area contributed by atoms with Gasteiger partial charge in [-0.3, -0.25) is 14.7 Å². The van der Waals surface area contributed by atoms with E-state index < -0.39 is 23.7 Å². The first-order valence-corrected chi connectivity index (χ1v) is 8.94. The van der Waals surface area contributed by atoms with Crippen LogP contribution in [0.3, 0.4) is 0 Å². The number of aromatic amines is 1. The quantitative estimate of drug-likeness (QED) is 0.563. The van der Waals surface area contributed by atoms with Gasteiger partial charge >= 0.3 is 0 Å². The zero-order valence-electron chi connectivity index (χ0n) is 14.4. The third kappa shape index (κ3) is 4.49. The van der Waals surface area contributed by atoms with Crippen LogP contribution in [0.5, 0.6) is 0 Å². The second-order valence-corrected chi connectivity index (χ2v) is 6.91.